The number of rotatable bonds is 7. The first-order valence-electron chi connectivity index (χ1n) is 6.35. The molecule has 20 heavy (non-hydrogen) atoms. The third-order valence-electron chi connectivity index (χ3n) is 2.71. The predicted octanol–water partition coefficient (Wildman–Crippen LogP) is 2.40. The molecule has 0 aliphatic rings. The highest BCUT2D eigenvalue weighted by Crippen LogP contribution is 2.21. The maximum absolute atomic E-state index is 11.7. The lowest BCUT2D eigenvalue weighted by molar-refractivity contribution is -0.142. The van der Waals surface area contributed by atoms with Crippen molar-refractivity contribution < 1.29 is 19.4 Å². The van der Waals surface area contributed by atoms with E-state index in [9.17, 15) is 9.59 Å². The largest absolute Gasteiger partial charge is 0.484 e. The van der Waals surface area contributed by atoms with Crippen LogP contribution in [0, 0.1) is 6.92 Å². The topological polar surface area (TPSA) is 75.6 Å². The fourth-order valence-corrected chi connectivity index (χ4v) is 1.93. The van der Waals surface area contributed by atoms with Gasteiger partial charge in [-0.2, -0.15) is 0 Å². The number of hydrogen-bond donors (Lipinski definition) is 2. The van der Waals surface area contributed by atoms with Gasteiger partial charge in [-0.1, -0.05) is 24.9 Å². The Balaban J connectivity index is 2.52. The lowest BCUT2D eigenvalue weighted by atomic mass is 10.2. The lowest BCUT2D eigenvalue weighted by Gasteiger charge is -2.14. The number of ether oxygens (including phenoxy) is 1. The summed E-state index contributed by atoms with van der Waals surface area (Å²) in [6.45, 7) is 3.45. The summed E-state index contributed by atoms with van der Waals surface area (Å²) >= 11 is 5.82. The quantitative estimate of drug-likeness (QED) is 0.810. The van der Waals surface area contributed by atoms with Gasteiger partial charge in [0.05, 0.1) is 0 Å². The lowest BCUT2D eigenvalue weighted by Crippen LogP contribution is -2.42. The number of aryl methyl sites for hydroxylation is 1. The summed E-state index contributed by atoms with van der Waals surface area (Å²) in [5.41, 5.74) is 0.814. The summed E-state index contributed by atoms with van der Waals surface area (Å²) in [5, 5.41) is 12.0. The number of carbonyl (C=O) groups is 2. The minimum atomic E-state index is -1.04. The van der Waals surface area contributed by atoms with Crippen LogP contribution in [0.1, 0.15) is 25.3 Å². The van der Waals surface area contributed by atoms with Gasteiger partial charge in [-0.05, 0) is 37.1 Å². The van der Waals surface area contributed by atoms with Crippen molar-refractivity contribution in [2.24, 2.45) is 0 Å². The van der Waals surface area contributed by atoms with E-state index in [4.69, 9.17) is 21.4 Å². The van der Waals surface area contributed by atoms with Gasteiger partial charge in [0.15, 0.2) is 6.61 Å². The fraction of sp³-hybridized carbons (Fsp3) is 0.429. The SMILES string of the molecule is CCC[C@@H](NC(=O)COc1ccc(Cl)cc1C)C(=O)O. The molecule has 0 aliphatic carbocycles. The molecule has 0 bridgehead atoms. The van der Waals surface area contributed by atoms with Crippen LogP contribution in [0.25, 0.3) is 0 Å². The van der Waals surface area contributed by atoms with Crippen molar-refractivity contribution in [2.45, 2.75) is 32.7 Å². The van der Waals surface area contributed by atoms with Crippen molar-refractivity contribution in [2.75, 3.05) is 6.61 Å². The number of aliphatic carboxylic acids is 1. The van der Waals surface area contributed by atoms with Crippen LogP contribution in [0.2, 0.25) is 5.02 Å². The zero-order valence-electron chi connectivity index (χ0n) is 11.5. The second kappa shape index (κ2) is 7.75. The minimum Gasteiger partial charge on any atom is -0.484 e. The van der Waals surface area contributed by atoms with Crippen molar-refractivity contribution in [1.29, 1.82) is 0 Å². The Labute approximate surface area is 122 Å². The number of carboxylic acid groups (broad SMARTS) is 1. The first-order chi connectivity index (χ1) is 9.43. The third kappa shape index (κ3) is 5.09. The van der Waals surface area contributed by atoms with E-state index < -0.39 is 17.9 Å². The number of nitrogens with one attached hydrogen (secondary N) is 1. The Morgan fingerprint density at radius 1 is 1.45 bits per heavy atom. The first-order valence-corrected chi connectivity index (χ1v) is 6.73. The molecule has 1 amide bonds. The third-order valence-corrected chi connectivity index (χ3v) is 2.94. The maximum atomic E-state index is 11.7. The first kappa shape index (κ1) is 16.3. The van der Waals surface area contributed by atoms with Crippen molar-refractivity contribution in [3.05, 3.63) is 28.8 Å². The number of benzene rings is 1. The van der Waals surface area contributed by atoms with Gasteiger partial charge in [-0.3, -0.25) is 4.79 Å². The van der Waals surface area contributed by atoms with Crippen molar-refractivity contribution in [1.82, 2.24) is 5.32 Å². The van der Waals surface area contributed by atoms with Gasteiger partial charge in [0.1, 0.15) is 11.8 Å². The number of amides is 1. The zero-order chi connectivity index (χ0) is 15.1. The van der Waals surface area contributed by atoms with Gasteiger partial charge in [-0.25, -0.2) is 4.79 Å². The summed E-state index contributed by atoms with van der Waals surface area (Å²) in [4.78, 5) is 22.6. The standard InChI is InChI=1S/C14H18ClNO4/c1-3-4-11(14(18)19)16-13(17)8-20-12-6-5-10(15)7-9(12)2/h5-7,11H,3-4,8H2,1-2H3,(H,16,17)(H,18,19)/t11-/m1/s1. The highest BCUT2D eigenvalue weighted by atomic mass is 35.5. The number of hydrogen-bond acceptors (Lipinski definition) is 3. The van der Waals surface area contributed by atoms with E-state index in [0.29, 0.717) is 23.6 Å². The van der Waals surface area contributed by atoms with Crippen LogP contribution < -0.4 is 10.1 Å². The van der Waals surface area contributed by atoms with E-state index in [-0.39, 0.29) is 6.61 Å². The molecule has 6 heteroatoms. The average Bonchev–Trinajstić information content (AvgIpc) is 2.37. The summed E-state index contributed by atoms with van der Waals surface area (Å²) in [6, 6.07) is 4.19. The van der Waals surface area contributed by atoms with E-state index >= 15 is 0 Å². The zero-order valence-corrected chi connectivity index (χ0v) is 12.2. The minimum absolute atomic E-state index is 0.226. The molecule has 0 aliphatic heterocycles. The monoisotopic (exact) mass is 299 g/mol. The van der Waals surface area contributed by atoms with Gasteiger partial charge in [-0.15, -0.1) is 0 Å². The smallest absolute Gasteiger partial charge is 0.326 e. The highest BCUT2D eigenvalue weighted by molar-refractivity contribution is 6.30. The predicted molar refractivity (Wildman–Crippen MR) is 76.2 cm³/mol. The Morgan fingerprint density at radius 2 is 2.15 bits per heavy atom. The molecular formula is C14H18ClNO4. The highest BCUT2D eigenvalue weighted by Gasteiger charge is 2.18. The normalized spacial score (nSPS) is 11.8. The summed E-state index contributed by atoms with van der Waals surface area (Å²) in [7, 11) is 0. The molecule has 1 rings (SSSR count). The second-order valence-corrected chi connectivity index (χ2v) is 4.88. The second-order valence-electron chi connectivity index (χ2n) is 4.45. The van der Waals surface area contributed by atoms with Crippen LogP contribution in [0.5, 0.6) is 5.75 Å². The fourth-order valence-electron chi connectivity index (χ4n) is 1.70. The molecule has 0 aromatic heterocycles. The van der Waals surface area contributed by atoms with Gasteiger partial charge in [0.2, 0.25) is 0 Å². The van der Waals surface area contributed by atoms with E-state index in [2.05, 4.69) is 5.32 Å². The average molecular weight is 300 g/mol. The molecule has 0 saturated carbocycles. The molecule has 1 aromatic rings. The number of halogens is 1. The molecule has 1 atom stereocenters. The summed E-state index contributed by atoms with van der Waals surface area (Å²) < 4.78 is 5.35. The van der Waals surface area contributed by atoms with Gasteiger partial charge < -0.3 is 15.2 Å². The molecule has 1 aromatic carbocycles. The van der Waals surface area contributed by atoms with Gasteiger partial charge in [0, 0.05) is 5.02 Å². The van der Waals surface area contributed by atoms with Crippen LogP contribution in [0.3, 0.4) is 0 Å². The summed E-state index contributed by atoms with van der Waals surface area (Å²) in [6.07, 6.45) is 1.06. The van der Waals surface area contributed by atoms with Gasteiger partial charge in [0.25, 0.3) is 5.91 Å². The van der Waals surface area contributed by atoms with Crippen LogP contribution in [-0.4, -0.2) is 29.6 Å². The molecule has 0 radical (unpaired) electrons. The molecule has 0 saturated heterocycles. The number of carbonyl (C=O) groups excluding carboxylic acids is 1. The van der Waals surface area contributed by atoms with Crippen LogP contribution >= 0.6 is 11.6 Å². The molecule has 5 nitrogen and oxygen atoms in total. The molecule has 2 N–H and O–H groups in total. The Morgan fingerprint density at radius 3 is 2.70 bits per heavy atom. The molecule has 0 fully saturated rings. The Kier molecular flexibility index (Phi) is 6.31. The van der Waals surface area contributed by atoms with Gasteiger partial charge >= 0.3 is 5.97 Å². The van der Waals surface area contributed by atoms with Crippen molar-refractivity contribution in [3.8, 4) is 5.75 Å². The maximum Gasteiger partial charge on any atom is 0.326 e. The molecule has 110 valence electrons. The molecular weight excluding hydrogens is 282 g/mol. The Hall–Kier alpha value is -1.75. The van der Waals surface area contributed by atoms with Crippen LogP contribution in [0.4, 0.5) is 0 Å². The van der Waals surface area contributed by atoms with E-state index in [1.54, 1.807) is 18.2 Å². The van der Waals surface area contributed by atoms with Crippen molar-refractivity contribution >= 4 is 23.5 Å². The molecule has 0 heterocycles. The van der Waals surface area contributed by atoms with Crippen LogP contribution in [0.15, 0.2) is 18.2 Å². The van der Waals surface area contributed by atoms with E-state index in [1.165, 1.54) is 0 Å². The Bertz CT molecular complexity index is 490. The molecule has 0 unspecified atom stereocenters. The van der Waals surface area contributed by atoms with E-state index in [1.807, 2.05) is 13.8 Å². The molecule has 0 spiro atoms. The van der Waals surface area contributed by atoms with Crippen molar-refractivity contribution in [3.63, 3.8) is 0 Å². The van der Waals surface area contributed by atoms with Crippen LogP contribution in [-0.2, 0) is 9.59 Å². The number of carboxylic acids is 1. The van der Waals surface area contributed by atoms with E-state index in [0.717, 1.165) is 5.56 Å². The summed E-state index contributed by atoms with van der Waals surface area (Å²) in [5.74, 6) is -0.949.